The fourth-order valence-electron chi connectivity index (χ4n) is 3.34. The zero-order valence-corrected chi connectivity index (χ0v) is 19.6. The summed E-state index contributed by atoms with van der Waals surface area (Å²) in [7, 11) is 1.34. The van der Waals surface area contributed by atoms with Crippen LogP contribution in [0, 0.1) is 0 Å². The number of anilines is 1. The highest BCUT2D eigenvalue weighted by molar-refractivity contribution is 7.98. The van der Waals surface area contributed by atoms with Gasteiger partial charge in [-0.15, -0.1) is 5.10 Å². The quantitative estimate of drug-likeness (QED) is 0.346. The van der Waals surface area contributed by atoms with Crippen molar-refractivity contribution < 1.29 is 9.53 Å². The van der Waals surface area contributed by atoms with Gasteiger partial charge < -0.3 is 10.1 Å². The van der Waals surface area contributed by atoms with Crippen molar-refractivity contribution in [2.75, 3.05) is 12.4 Å². The first-order valence-electron chi connectivity index (χ1n) is 9.23. The zero-order valence-electron chi connectivity index (χ0n) is 16.5. The zero-order chi connectivity index (χ0) is 22.1. The molecule has 0 radical (unpaired) electrons. The van der Waals surface area contributed by atoms with Gasteiger partial charge in [0, 0.05) is 32.1 Å². The number of hydrogen-bond donors (Lipinski definition) is 1. The maximum atomic E-state index is 12.6. The molecule has 1 aliphatic rings. The number of hydrogen-bond acceptors (Lipinski definition) is 6. The summed E-state index contributed by atoms with van der Waals surface area (Å²) >= 11 is 20.3. The number of allylic oxidation sites excluding steroid dienone is 1. The number of nitrogens with zero attached hydrogens (tertiary/aromatic N) is 3. The molecule has 1 N–H and O–H groups in total. The molecule has 4 rings (SSSR count). The maximum absolute atomic E-state index is 12.6. The molecule has 1 atom stereocenters. The van der Waals surface area contributed by atoms with E-state index in [-0.39, 0.29) is 0 Å². The summed E-state index contributed by atoms with van der Waals surface area (Å²) in [5, 5.41) is 9.93. The van der Waals surface area contributed by atoms with Crippen molar-refractivity contribution in [3.05, 3.63) is 79.9 Å². The minimum Gasteiger partial charge on any atom is -0.466 e. The van der Waals surface area contributed by atoms with Gasteiger partial charge >= 0.3 is 5.97 Å². The highest BCUT2D eigenvalue weighted by Crippen LogP contribution is 2.40. The van der Waals surface area contributed by atoms with Crippen LogP contribution in [-0.4, -0.2) is 27.8 Å². The van der Waals surface area contributed by atoms with Gasteiger partial charge in [0.1, 0.15) is 6.04 Å². The first-order valence-corrected chi connectivity index (χ1v) is 11.3. The fourth-order valence-corrected chi connectivity index (χ4v) is 4.96. The minimum absolute atomic E-state index is 0.395. The second-order valence-electron chi connectivity index (χ2n) is 6.77. The Kier molecular flexibility index (Phi) is 6.48. The number of methoxy groups -OCH3 is 1. The summed E-state index contributed by atoms with van der Waals surface area (Å²) in [5.74, 6) is 0.626. The van der Waals surface area contributed by atoms with Gasteiger partial charge in [0.05, 0.1) is 12.7 Å². The molecule has 160 valence electrons. The molecule has 0 amide bonds. The van der Waals surface area contributed by atoms with Crippen LogP contribution in [0.3, 0.4) is 0 Å². The number of halogens is 3. The summed E-state index contributed by atoms with van der Waals surface area (Å²) in [6.45, 7) is 1.79. The van der Waals surface area contributed by atoms with E-state index in [1.165, 1.54) is 18.9 Å². The first kappa shape index (κ1) is 22.0. The van der Waals surface area contributed by atoms with Crippen LogP contribution in [0.4, 0.5) is 5.95 Å². The number of aromatic nitrogens is 3. The Morgan fingerprint density at radius 3 is 2.68 bits per heavy atom. The molecule has 1 aromatic heterocycles. The molecule has 1 unspecified atom stereocenters. The Morgan fingerprint density at radius 2 is 1.97 bits per heavy atom. The molecule has 1 aliphatic heterocycles. The van der Waals surface area contributed by atoms with Gasteiger partial charge in [-0.3, -0.25) is 0 Å². The van der Waals surface area contributed by atoms with E-state index < -0.39 is 12.0 Å². The minimum atomic E-state index is -0.615. The van der Waals surface area contributed by atoms with Crippen molar-refractivity contribution in [1.82, 2.24) is 14.8 Å². The molecule has 6 nitrogen and oxygen atoms in total. The second kappa shape index (κ2) is 9.12. The van der Waals surface area contributed by atoms with E-state index >= 15 is 0 Å². The third kappa shape index (κ3) is 4.41. The number of nitrogens with one attached hydrogen (secondary N) is 1. The van der Waals surface area contributed by atoms with Gasteiger partial charge in [-0.2, -0.15) is 4.98 Å². The third-order valence-corrected chi connectivity index (χ3v) is 6.63. The number of carbonyl (C=O) groups excluding carboxylic acids is 1. The summed E-state index contributed by atoms with van der Waals surface area (Å²) in [6, 6.07) is 12.1. The lowest BCUT2D eigenvalue weighted by molar-refractivity contribution is -0.136. The fraction of sp³-hybridized carbons (Fsp3) is 0.190. The SMILES string of the molecule is COC(=O)C1=C(C)Nc2nc(SCc3ccccc3Cl)nn2C1c1ccc(Cl)cc1Cl. The smallest absolute Gasteiger partial charge is 0.338 e. The average molecular weight is 496 g/mol. The molecule has 10 heteroatoms. The largest absolute Gasteiger partial charge is 0.466 e. The van der Waals surface area contributed by atoms with Crippen molar-refractivity contribution in [3.63, 3.8) is 0 Å². The number of benzene rings is 2. The van der Waals surface area contributed by atoms with Crippen LogP contribution < -0.4 is 5.32 Å². The van der Waals surface area contributed by atoms with Crippen LogP contribution in [-0.2, 0) is 15.3 Å². The van der Waals surface area contributed by atoms with Crippen LogP contribution in [0.1, 0.15) is 24.1 Å². The lowest BCUT2D eigenvalue weighted by Crippen LogP contribution is -2.29. The van der Waals surface area contributed by atoms with E-state index in [9.17, 15) is 4.79 Å². The van der Waals surface area contributed by atoms with E-state index in [0.29, 0.717) is 48.8 Å². The molecule has 2 heterocycles. The molecule has 31 heavy (non-hydrogen) atoms. The number of fused-ring (bicyclic) bond motifs is 1. The standard InChI is InChI=1S/C21H17Cl3N4O2S/c1-11-17(19(29)30-2)18(14-8-7-13(22)9-16(14)24)28-20(25-11)26-21(27-28)31-10-12-5-3-4-6-15(12)23/h3-9,18H,10H2,1-2H3,(H,25,26,27). The van der Waals surface area contributed by atoms with E-state index in [0.717, 1.165) is 5.56 Å². The maximum Gasteiger partial charge on any atom is 0.338 e. The van der Waals surface area contributed by atoms with Crippen LogP contribution >= 0.6 is 46.6 Å². The average Bonchev–Trinajstić information content (AvgIpc) is 3.14. The molecule has 2 aromatic carbocycles. The van der Waals surface area contributed by atoms with E-state index in [4.69, 9.17) is 39.5 Å². The first-order chi connectivity index (χ1) is 14.9. The Bertz CT molecular complexity index is 1200. The Morgan fingerprint density at radius 1 is 1.19 bits per heavy atom. The topological polar surface area (TPSA) is 69.0 Å². The van der Waals surface area contributed by atoms with E-state index in [1.54, 1.807) is 29.8 Å². The number of carbonyl (C=O) groups is 1. The lowest BCUT2D eigenvalue weighted by Gasteiger charge is -2.28. The second-order valence-corrected chi connectivity index (χ2v) is 8.96. The summed E-state index contributed by atoms with van der Waals surface area (Å²) in [4.78, 5) is 17.2. The number of esters is 1. The molecular formula is C21H17Cl3N4O2S. The highest BCUT2D eigenvalue weighted by Gasteiger charge is 2.36. The van der Waals surface area contributed by atoms with Crippen molar-refractivity contribution in [2.45, 2.75) is 23.9 Å². The Balaban J connectivity index is 1.74. The Labute approximate surface area is 198 Å². The predicted molar refractivity (Wildman–Crippen MR) is 124 cm³/mol. The van der Waals surface area contributed by atoms with Gasteiger partial charge in [-0.05, 0) is 30.7 Å². The Hall–Kier alpha value is -2.19. The number of thioether (sulfide) groups is 1. The van der Waals surface area contributed by atoms with E-state index in [2.05, 4.69) is 15.4 Å². The van der Waals surface area contributed by atoms with Crippen LogP contribution in [0.25, 0.3) is 0 Å². The molecule has 0 saturated carbocycles. The normalized spacial score (nSPS) is 15.5. The monoisotopic (exact) mass is 494 g/mol. The molecule has 0 fully saturated rings. The molecule has 3 aromatic rings. The summed E-state index contributed by atoms with van der Waals surface area (Å²) in [5.41, 5.74) is 2.66. The van der Waals surface area contributed by atoms with Crippen molar-refractivity contribution in [3.8, 4) is 0 Å². The summed E-state index contributed by atoms with van der Waals surface area (Å²) in [6.07, 6.45) is 0. The van der Waals surface area contributed by atoms with Gasteiger partial charge in [-0.1, -0.05) is 70.8 Å². The number of ether oxygens (including phenoxy) is 1. The summed E-state index contributed by atoms with van der Waals surface area (Å²) < 4.78 is 6.67. The van der Waals surface area contributed by atoms with Crippen LogP contribution in [0.5, 0.6) is 0 Å². The van der Waals surface area contributed by atoms with Gasteiger partial charge in [0.2, 0.25) is 11.1 Å². The third-order valence-electron chi connectivity index (χ3n) is 4.81. The molecule has 0 saturated heterocycles. The van der Waals surface area contributed by atoms with Gasteiger partial charge in [0.15, 0.2) is 0 Å². The van der Waals surface area contributed by atoms with Gasteiger partial charge in [0.25, 0.3) is 0 Å². The molecular weight excluding hydrogens is 479 g/mol. The molecule has 0 spiro atoms. The van der Waals surface area contributed by atoms with Crippen molar-refractivity contribution >= 4 is 58.5 Å². The van der Waals surface area contributed by atoms with Crippen molar-refractivity contribution in [1.29, 1.82) is 0 Å². The predicted octanol–water partition coefficient (Wildman–Crippen LogP) is 5.99. The van der Waals surface area contributed by atoms with Crippen LogP contribution in [0.15, 0.2) is 58.9 Å². The van der Waals surface area contributed by atoms with Gasteiger partial charge in [-0.25, -0.2) is 9.48 Å². The van der Waals surface area contributed by atoms with E-state index in [1.807, 2.05) is 24.3 Å². The highest BCUT2D eigenvalue weighted by atomic mass is 35.5. The molecule has 0 aliphatic carbocycles. The van der Waals surface area contributed by atoms with Crippen LogP contribution in [0.2, 0.25) is 15.1 Å². The number of rotatable bonds is 5. The molecule has 0 bridgehead atoms. The lowest BCUT2D eigenvalue weighted by atomic mass is 9.96. The van der Waals surface area contributed by atoms with Crippen molar-refractivity contribution in [2.24, 2.45) is 0 Å².